The van der Waals surface area contributed by atoms with Gasteiger partial charge < -0.3 is 25.2 Å². The molecule has 47 heavy (non-hydrogen) atoms. The average Bonchev–Trinajstić information content (AvgIpc) is 3.52. The molecule has 2 fully saturated rings. The van der Waals surface area contributed by atoms with Crippen LogP contribution in [0.5, 0.6) is 0 Å². The molecule has 0 aromatic rings. The molecule has 268 valence electrons. The highest BCUT2D eigenvalue weighted by Gasteiger charge is 2.41. The van der Waals surface area contributed by atoms with Gasteiger partial charge in [-0.05, 0) is 82.8 Å². The molecule has 2 aliphatic heterocycles. The van der Waals surface area contributed by atoms with Crippen molar-refractivity contribution in [2.75, 3.05) is 39.3 Å². The van der Waals surface area contributed by atoms with Gasteiger partial charge in [-0.15, -0.1) is 0 Å². The van der Waals surface area contributed by atoms with E-state index in [-0.39, 0.29) is 41.6 Å². The Bertz CT molecular complexity index is 1140. The lowest BCUT2D eigenvalue weighted by atomic mass is 9.84. The van der Waals surface area contributed by atoms with E-state index in [9.17, 15) is 24.0 Å². The Labute approximate surface area is 287 Å². The zero-order chi connectivity index (χ0) is 35.6. The van der Waals surface area contributed by atoms with Crippen LogP contribution in [0.2, 0.25) is 0 Å². The first kappa shape index (κ1) is 40.6. The molecule has 0 bridgehead atoms. The standard InChI is InChI=1S/C35H61N5O6S/c1-22(2)28(38(9)33(44)29(35(6,7)8)37-31(42)26-15-12-13-18-39(26)23(3)4)21-24(5)32(43)40-19-14-16-27(40)30(41)36-25(17-20-47-11)34(45)46-10/h21-23,25-29H,12-20H2,1-11H3,(H,36,41)(H,37,42)/b24-21+/t25?,26?,27-,28+,29?/m0/s1. The van der Waals surface area contributed by atoms with Crippen molar-refractivity contribution < 1.29 is 28.7 Å². The summed E-state index contributed by atoms with van der Waals surface area (Å²) in [7, 11) is 3.02. The molecule has 4 amide bonds. The van der Waals surface area contributed by atoms with E-state index in [1.165, 1.54) is 7.11 Å². The maximum absolute atomic E-state index is 14.2. The van der Waals surface area contributed by atoms with Crippen molar-refractivity contribution in [1.82, 2.24) is 25.3 Å². The second-order valence-electron chi connectivity index (χ2n) is 14.7. The maximum atomic E-state index is 14.2. The van der Waals surface area contributed by atoms with Gasteiger partial charge in [0.15, 0.2) is 0 Å². The Hall–Kier alpha value is -2.60. The molecule has 2 N–H and O–H groups in total. The van der Waals surface area contributed by atoms with Gasteiger partial charge in [-0.25, -0.2) is 4.79 Å². The molecule has 2 saturated heterocycles. The molecule has 11 nitrogen and oxygen atoms in total. The molecule has 2 aliphatic rings. The van der Waals surface area contributed by atoms with Crippen LogP contribution in [0.15, 0.2) is 11.6 Å². The molecule has 0 radical (unpaired) electrons. The van der Waals surface area contributed by atoms with Crippen LogP contribution in [0.3, 0.4) is 0 Å². The molecular formula is C35H61N5O6S. The van der Waals surface area contributed by atoms with Gasteiger partial charge in [0.1, 0.15) is 18.1 Å². The van der Waals surface area contributed by atoms with Gasteiger partial charge >= 0.3 is 5.97 Å². The van der Waals surface area contributed by atoms with Crippen molar-refractivity contribution in [1.29, 1.82) is 0 Å². The highest BCUT2D eigenvalue weighted by atomic mass is 32.2. The number of hydrogen-bond acceptors (Lipinski definition) is 8. The van der Waals surface area contributed by atoms with Crippen molar-refractivity contribution >= 4 is 41.4 Å². The Balaban J connectivity index is 2.26. The predicted molar refractivity (Wildman–Crippen MR) is 188 cm³/mol. The molecule has 2 rings (SSSR count). The van der Waals surface area contributed by atoms with Gasteiger partial charge in [-0.2, -0.15) is 11.8 Å². The average molecular weight is 680 g/mol. The number of nitrogens with one attached hydrogen (secondary N) is 2. The molecule has 2 heterocycles. The number of methoxy groups -OCH3 is 1. The van der Waals surface area contributed by atoms with Crippen LogP contribution < -0.4 is 10.6 Å². The number of piperidine rings is 1. The first-order chi connectivity index (χ1) is 22.0. The van der Waals surface area contributed by atoms with Crippen LogP contribution in [0, 0.1) is 11.3 Å². The normalized spacial score (nSPS) is 21.3. The fraction of sp³-hybridized carbons (Fsp3) is 0.800. The molecule has 5 atom stereocenters. The summed E-state index contributed by atoms with van der Waals surface area (Å²) in [6.07, 6.45) is 8.12. The number of hydrogen-bond donors (Lipinski definition) is 2. The molecule has 0 aromatic carbocycles. The molecule has 0 spiro atoms. The lowest BCUT2D eigenvalue weighted by Gasteiger charge is -2.41. The third-order valence-corrected chi connectivity index (χ3v) is 10.0. The van der Waals surface area contributed by atoms with Gasteiger partial charge in [-0.1, -0.05) is 47.1 Å². The number of amides is 4. The fourth-order valence-corrected chi connectivity index (χ4v) is 7.05. The molecule has 0 saturated carbocycles. The van der Waals surface area contributed by atoms with E-state index in [2.05, 4.69) is 29.4 Å². The van der Waals surface area contributed by atoms with Crippen LogP contribution >= 0.6 is 11.8 Å². The third-order valence-electron chi connectivity index (χ3n) is 9.37. The summed E-state index contributed by atoms with van der Waals surface area (Å²) in [5, 5.41) is 5.92. The van der Waals surface area contributed by atoms with Crippen molar-refractivity contribution in [2.45, 2.75) is 130 Å². The zero-order valence-corrected chi connectivity index (χ0v) is 31.5. The second-order valence-corrected chi connectivity index (χ2v) is 15.7. The summed E-state index contributed by atoms with van der Waals surface area (Å²) in [5.41, 5.74) is -0.122. The highest BCUT2D eigenvalue weighted by molar-refractivity contribution is 7.98. The number of likely N-dealkylation sites (N-methyl/N-ethyl adjacent to an activating group) is 1. The molecule has 0 aromatic heterocycles. The van der Waals surface area contributed by atoms with Gasteiger partial charge in [0.05, 0.1) is 19.2 Å². The van der Waals surface area contributed by atoms with E-state index < -0.39 is 35.6 Å². The van der Waals surface area contributed by atoms with Crippen molar-refractivity contribution in [2.24, 2.45) is 11.3 Å². The summed E-state index contributed by atoms with van der Waals surface area (Å²) in [6.45, 7) is 17.0. The Kier molecular flexibility index (Phi) is 15.7. The Morgan fingerprint density at radius 2 is 1.57 bits per heavy atom. The van der Waals surface area contributed by atoms with Crippen molar-refractivity contribution in [3.63, 3.8) is 0 Å². The Morgan fingerprint density at radius 1 is 0.957 bits per heavy atom. The number of nitrogens with zero attached hydrogens (tertiary/aromatic N) is 3. The zero-order valence-electron chi connectivity index (χ0n) is 30.7. The van der Waals surface area contributed by atoms with Gasteiger partial charge in [-0.3, -0.25) is 24.1 Å². The van der Waals surface area contributed by atoms with E-state index >= 15 is 0 Å². The van der Waals surface area contributed by atoms with Crippen molar-refractivity contribution in [3.05, 3.63) is 11.6 Å². The lowest BCUT2D eigenvalue weighted by Crippen LogP contribution is -2.60. The Morgan fingerprint density at radius 3 is 2.13 bits per heavy atom. The number of thioether (sulfide) groups is 1. The highest BCUT2D eigenvalue weighted by Crippen LogP contribution is 2.27. The van der Waals surface area contributed by atoms with Gasteiger partial charge in [0.2, 0.25) is 23.6 Å². The van der Waals surface area contributed by atoms with Crippen LogP contribution in [-0.2, 0) is 28.7 Å². The molecular weight excluding hydrogens is 618 g/mol. The van der Waals surface area contributed by atoms with Gasteiger partial charge in [0, 0.05) is 25.2 Å². The number of carbonyl (C=O) groups is 5. The number of carbonyl (C=O) groups excluding carboxylic acids is 5. The fourth-order valence-electron chi connectivity index (χ4n) is 6.57. The van der Waals surface area contributed by atoms with E-state index in [0.29, 0.717) is 37.1 Å². The molecule has 0 aliphatic carbocycles. The minimum Gasteiger partial charge on any atom is -0.467 e. The van der Waals surface area contributed by atoms with Crippen LogP contribution in [0.4, 0.5) is 0 Å². The van der Waals surface area contributed by atoms with E-state index in [1.807, 2.05) is 40.9 Å². The second kappa shape index (κ2) is 18.2. The maximum Gasteiger partial charge on any atom is 0.328 e. The minimum absolute atomic E-state index is 0.0345. The third kappa shape index (κ3) is 11.0. The monoisotopic (exact) mass is 679 g/mol. The van der Waals surface area contributed by atoms with E-state index in [1.54, 1.807) is 41.6 Å². The number of rotatable bonds is 14. The minimum atomic E-state index is -0.776. The van der Waals surface area contributed by atoms with Crippen molar-refractivity contribution in [3.8, 4) is 0 Å². The largest absolute Gasteiger partial charge is 0.467 e. The number of likely N-dealkylation sites (tertiary alicyclic amines) is 2. The summed E-state index contributed by atoms with van der Waals surface area (Å²) in [5.74, 6) is -0.852. The molecule has 3 unspecified atom stereocenters. The van der Waals surface area contributed by atoms with Gasteiger partial charge in [0.25, 0.3) is 0 Å². The first-order valence-electron chi connectivity index (χ1n) is 17.1. The van der Waals surface area contributed by atoms with Crippen LogP contribution in [-0.4, -0.2) is 120 Å². The summed E-state index contributed by atoms with van der Waals surface area (Å²) < 4.78 is 4.89. The lowest BCUT2D eigenvalue weighted by molar-refractivity contribution is -0.146. The van der Waals surface area contributed by atoms with E-state index in [0.717, 1.165) is 25.8 Å². The number of esters is 1. The summed E-state index contributed by atoms with van der Waals surface area (Å²) in [6, 6.07) is -2.71. The van der Waals surface area contributed by atoms with Crippen LogP contribution in [0.1, 0.15) is 93.9 Å². The summed E-state index contributed by atoms with van der Waals surface area (Å²) in [4.78, 5) is 72.6. The van der Waals surface area contributed by atoms with E-state index in [4.69, 9.17) is 4.74 Å². The predicted octanol–water partition coefficient (Wildman–Crippen LogP) is 3.61. The van der Waals surface area contributed by atoms with Crippen LogP contribution in [0.25, 0.3) is 0 Å². The smallest absolute Gasteiger partial charge is 0.328 e. The SMILES string of the molecule is COC(=O)C(CCSC)NC(=O)[C@@H]1CCCN1C(=O)/C(C)=C/[C@H](C(C)C)N(C)C(=O)C(NC(=O)C1CCCCN1C(C)C)C(C)(C)C. The molecule has 12 heteroatoms. The first-order valence-corrected chi connectivity index (χ1v) is 18.5. The summed E-state index contributed by atoms with van der Waals surface area (Å²) >= 11 is 1.57. The quantitative estimate of drug-likeness (QED) is 0.211. The topological polar surface area (TPSA) is 128 Å². The number of ether oxygens (including phenoxy) is 1.